The number of aliphatic hydroxyl groups excluding tert-OH is 1. The maximum Gasteiger partial charge on any atom is 0.0591 e. The molecular weight excluding hydrogens is 416 g/mol. The van der Waals surface area contributed by atoms with Crippen LogP contribution in [-0.4, -0.2) is 21.9 Å². The van der Waals surface area contributed by atoms with Crippen LogP contribution in [0.15, 0.2) is 0 Å². The summed E-state index contributed by atoms with van der Waals surface area (Å²) in [4.78, 5) is 0. The summed E-state index contributed by atoms with van der Waals surface area (Å²) < 4.78 is 0. The second-order valence-corrected chi connectivity index (χ2v) is 13.7. The van der Waals surface area contributed by atoms with Gasteiger partial charge < -0.3 is 10.2 Å². The van der Waals surface area contributed by atoms with Crippen molar-refractivity contribution in [1.29, 1.82) is 0 Å². The van der Waals surface area contributed by atoms with Crippen molar-refractivity contribution in [3.63, 3.8) is 0 Å². The van der Waals surface area contributed by atoms with E-state index in [1.165, 1.54) is 51.4 Å². The Labute approximate surface area is 213 Å². The second-order valence-electron chi connectivity index (χ2n) is 13.7. The van der Waals surface area contributed by atoms with Crippen molar-refractivity contribution >= 4 is 0 Å². The third kappa shape index (κ3) is 4.90. The Morgan fingerprint density at radius 3 is 2.15 bits per heavy atom. The summed E-state index contributed by atoms with van der Waals surface area (Å²) in [6, 6.07) is 0. The Morgan fingerprint density at radius 1 is 0.853 bits per heavy atom. The summed E-state index contributed by atoms with van der Waals surface area (Å²) in [6.45, 7) is 19.8. The van der Waals surface area contributed by atoms with Crippen LogP contribution in [0.2, 0.25) is 0 Å². The Kier molecular flexibility index (Phi) is 8.99. The maximum atomic E-state index is 10.3. The van der Waals surface area contributed by atoms with Crippen LogP contribution in [0.4, 0.5) is 0 Å². The van der Waals surface area contributed by atoms with Crippen LogP contribution >= 0.6 is 0 Å². The predicted molar refractivity (Wildman–Crippen MR) is 146 cm³/mol. The lowest BCUT2D eigenvalue weighted by molar-refractivity contribution is -0.136. The normalized spacial score (nSPS) is 48.6. The van der Waals surface area contributed by atoms with Crippen LogP contribution < -0.4 is 0 Å². The van der Waals surface area contributed by atoms with Gasteiger partial charge in [0.25, 0.3) is 0 Å². The molecule has 34 heavy (non-hydrogen) atoms. The number of aliphatic hydroxyl groups is 2. The highest BCUT2D eigenvalue weighted by Gasteiger charge is 2.72. The number of unbranched alkanes of at least 4 members (excludes halogenated alkanes) is 1. The van der Waals surface area contributed by atoms with Crippen molar-refractivity contribution in [3.05, 3.63) is 0 Å². The van der Waals surface area contributed by atoms with E-state index in [0.717, 1.165) is 66.6 Å². The monoisotopic (exact) mass is 476 g/mol. The van der Waals surface area contributed by atoms with Crippen LogP contribution in [-0.2, 0) is 0 Å². The lowest BCUT2D eigenvalue weighted by Crippen LogP contribution is -2.55. The van der Waals surface area contributed by atoms with Crippen molar-refractivity contribution in [2.45, 2.75) is 145 Å². The number of fused-ring (bicyclic) bond motifs is 7. The van der Waals surface area contributed by atoms with Crippen LogP contribution in [0.1, 0.15) is 133 Å². The minimum atomic E-state index is -0.503. The van der Waals surface area contributed by atoms with E-state index in [1.54, 1.807) is 0 Å². The summed E-state index contributed by atoms with van der Waals surface area (Å²) in [5.74, 6) is 7.53. The first-order valence-corrected chi connectivity index (χ1v) is 15.5. The van der Waals surface area contributed by atoms with Gasteiger partial charge in [-0.1, -0.05) is 61.3 Å². The molecule has 5 aliphatic rings. The first-order chi connectivity index (χ1) is 16.1. The maximum absolute atomic E-state index is 10.3. The molecule has 0 radical (unpaired) electrons. The molecule has 5 saturated carbocycles. The zero-order chi connectivity index (χ0) is 25.5. The predicted octanol–water partition coefficient (Wildman–Crippen LogP) is 8.49. The number of hydrogen-bond donors (Lipinski definition) is 2. The van der Waals surface area contributed by atoms with E-state index < -0.39 is 5.60 Å². The number of hydrogen-bond acceptors (Lipinski definition) is 2. The molecule has 5 fully saturated rings. The zero-order valence-corrected chi connectivity index (χ0v) is 24.4. The molecular formula is C32H60O2. The fraction of sp³-hybridized carbons (Fsp3) is 1.00. The van der Waals surface area contributed by atoms with E-state index in [-0.39, 0.29) is 6.10 Å². The number of rotatable bonds is 5. The van der Waals surface area contributed by atoms with Crippen molar-refractivity contribution in [3.8, 4) is 0 Å². The van der Waals surface area contributed by atoms with Crippen molar-refractivity contribution in [1.82, 2.24) is 0 Å². The largest absolute Gasteiger partial charge is 0.393 e. The molecule has 0 heterocycles. The van der Waals surface area contributed by atoms with Crippen molar-refractivity contribution < 1.29 is 10.2 Å². The Hall–Kier alpha value is -0.0800. The first-order valence-electron chi connectivity index (χ1n) is 15.5. The van der Waals surface area contributed by atoms with E-state index in [1.807, 2.05) is 41.5 Å². The van der Waals surface area contributed by atoms with Gasteiger partial charge in [-0.25, -0.2) is 0 Å². The minimum absolute atomic E-state index is 0.0268. The molecule has 0 aromatic carbocycles. The van der Waals surface area contributed by atoms with Gasteiger partial charge in [-0.15, -0.1) is 0 Å². The molecule has 11 atom stereocenters. The van der Waals surface area contributed by atoms with Crippen LogP contribution in [0, 0.1) is 58.2 Å². The van der Waals surface area contributed by atoms with Gasteiger partial charge in [0.2, 0.25) is 0 Å². The van der Waals surface area contributed by atoms with Gasteiger partial charge in [0.1, 0.15) is 0 Å². The molecule has 0 spiro atoms. The van der Waals surface area contributed by atoms with Crippen LogP contribution in [0.5, 0.6) is 0 Å². The topological polar surface area (TPSA) is 40.5 Å². The summed E-state index contributed by atoms with van der Waals surface area (Å²) in [7, 11) is 0. The first kappa shape index (κ1) is 28.5. The molecule has 0 aliphatic heterocycles. The summed E-state index contributed by atoms with van der Waals surface area (Å²) >= 11 is 0. The van der Waals surface area contributed by atoms with E-state index >= 15 is 0 Å². The molecule has 5 rings (SSSR count). The second kappa shape index (κ2) is 10.7. The van der Waals surface area contributed by atoms with E-state index in [2.05, 4.69) is 20.8 Å². The molecule has 200 valence electrons. The molecule has 0 saturated heterocycles. The molecule has 5 aliphatic carbocycles. The van der Waals surface area contributed by atoms with Gasteiger partial charge in [0.15, 0.2) is 0 Å². The van der Waals surface area contributed by atoms with Gasteiger partial charge >= 0.3 is 0 Å². The lowest BCUT2D eigenvalue weighted by Gasteiger charge is -2.62. The molecule has 11 unspecified atom stereocenters. The van der Waals surface area contributed by atoms with Crippen LogP contribution in [0.3, 0.4) is 0 Å². The van der Waals surface area contributed by atoms with Gasteiger partial charge in [-0.3, -0.25) is 0 Å². The molecule has 2 nitrogen and oxygen atoms in total. The molecule has 0 aromatic heterocycles. The third-order valence-corrected chi connectivity index (χ3v) is 11.7. The van der Waals surface area contributed by atoms with Gasteiger partial charge in [-0.2, -0.15) is 0 Å². The molecule has 2 N–H and O–H groups in total. The minimum Gasteiger partial charge on any atom is -0.393 e. The molecule has 2 heteroatoms. The lowest BCUT2D eigenvalue weighted by atomic mass is 9.43. The van der Waals surface area contributed by atoms with E-state index in [9.17, 15) is 10.2 Å². The summed E-state index contributed by atoms with van der Waals surface area (Å²) in [6.07, 6.45) is 13.9. The highest BCUT2D eigenvalue weighted by Crippen LogP contribution is 2.78. The summed E-state index contributed by atoms with van der Waals surface area (Å²) in [5.41, 5.74) is 0.578. The highest BCUT2D eigenvalue weighted by atomic mass is 16.3. The Balaban J connectivity index is 0.000000771. The quantitative estimate of drug-likeness (QED) is 0.390. The van der Waals surface area contributed by atoms with Gasteiger partial charge in [-0.05, 0) is 130 Å². The smallest absolute Gasteiger partial charge is 0.0591 e. The highest BCUT2D eigenvalue weighted by molar-refractivity contribution is 5.20. The summed E-state index contributed by atoms with van der Waals surface area (Å²) in [5, 5.41) is 20.4. The molecule has 0 aromatic rings. The van der Waals surface area contributed by atoms with Crippen molar-refractivity contribution in [2.24, 2.45) is 58.2 Å². The standard InChI is InChI=1S/C28H48O2.2C2H6/c1-17-23-22(8-6-7-13-26(2,3)30)28(5)15-12-21-20(25(28)24(17)23)10-9-18-16-19(29)11-14-27(18,21)4;2*1-2/h17-25,29-30H,6-16H2,1-5H3;2*1-2H3. The average molecular weight is 477 g/mol. The fourth-order valence-electron chi connectivity index (χ4n) is 10.3. The van der Waals surface area contributed by atoms with E-state index in [0.29, 0.717) is 10.8 Å². The Morgan fingerprint density at radius 2 is 1.50 bits per heavy atom. The van der Waals surface area contributed by atoms with Crippen LogP contribution in [0.25, 0.3) is 0 Å². The van der Waals surface area contributed by atoms with E-state index in [4.69, 9.17) is 0 Å². The van der Waals surface area contributed by atoms with Gasteiger partial charge in [0.05, 0.1) is 11.7 Å². The SMILES string of the molecule is CC.CC.CC1C2C1C1C3CCC4CC(O)CCC4(C)C3CCC1(C)C2CCCCC(C)(C)O. The molecule has 0 bridgehead atoms. The molecule has 0 amide bonds. The Bertz CT molecular complexity index is 652. The zero-order valence-electron chi connectivity index (χ0n) is 24.4. The third-order valence-electron chi connectivity index (χ3n) is 11.7. The fourth-order valence-corrected chi connectivity index (χ4v) is 10.3. The average Bonchev–Trinajstić information content (AvgIpc) is 3.34. The van der Waals surface area contributed by atoms with Crippen molar-refractivity contribution in [2.75, 3.05) is 0 Å². The van der Waals surface area contributed by atoms with Gasteiger partial charge in [0, 0.05) is 0 Å².